The van der Waals surface area contributed by atoms with Crippen LogP contribution < -0.4 is 5.32 Å². The maximum atomic E-state index is 10.00. The van der Waals surface area contributed by atoms with Gasteiger partial charge in [0.25, 0.3) is 0 Å². The molecule has 0 aliphatic carbocycles. The van der Waals surface area contributed by atoms with E-state index in [0.29, 0.717) is 28.5 Å². The first-order valence-electron chi connectivity index (χ1n) is 7.25. The Labute approximate surface area is 135 Å². The molecule has 0 saturated carbocycles. The highest BCUT2D eigenvalue weighted by Crippen LogP contribution is 2.32. The molecular weight excluding hydrogens is 302 g/mol. The van der Waals surface area contributed by atoms with E-state index in [-0.39, 0.29) is 18.4 Å². The van der Waals surface area contributed by atoms with Crippen LogP contribution >= 0.6 is 11.6 Å². The summed E-state index contributed by atoms with van der Waals surface area (Å²) in [6, 6.07) is 6.96. The van der Waals surface area contributed by atoms with Crippen molar-refractivity contribution in [1.82, 2.24) is 10.2 Å². The van der Waals surface area contributed by atoms with Crippen LogP contribution in [0, 0.1) is 6.92 Å². The number of nitrogens with zero attached hydrogens (tertiary/aromatic N) is 2. The standard InChI is InChI=1S/C16H20ClN3O2/c1-3-12(6-7-21)18-15-8-10(2)16(20-19-15)13-5-4-11(17)9-14(13)22/h4-5,8-9,12,21-22H,3,6-7H2,1-2H3,(H,18,19)/t12-/m0/s1. The first kappa shape index (κ1) is 16.5. The van der Waals surface area contributed by atoms with Crippen molar-refractivity contribution in [1.29, 1.82) is 0 Å². The highest BCUT2D eigenvalue weighted by atomic mass is 35.5. The van der Waals surface area contributed by atoms with Gasteiger partial charge >= 0.3 is 0 Å². The van der Waals surface area contributed by atoms with Gasteiger partial charge in [-0.2, -0.15) is 0 Å². The normalized spacial score (nSPS) is 12.2. The summed E-state index contributed by atoms with van der Waals surface area (Å²) in [4.78, 5) is 0. The number of phenolic OH excluding ortho intramolecular Hbond substituents is 1. The van der Waals surface area contributed by atoms with Gasteiger partial charge in [0.05, 0.1) is 5.69 Å². The predicted octanol–water partition coefficient (Wildman–Crippen LogP) is 3.38. The molecule has 2 rings (SSSR count). The Bertz CT molecular complexity index is 649. The first-order chi connectivity index (χ1) is 10.5. The summed E-state index contributed by atoms with van der Waals surface area (Å²) in [5.74, 6) is 0.743. The molecule has 0 aliphatic rings. The Morgan fingerprint density at radius 3 is 2.64 bits per heavy atom. The van der Waals surface area contributed by atoms with Gasteiger partial charge in [-0.1, -0.05) is 18.5 Å². The lowest BCUT2D eigenvalue weighted by Gasteiger charge is -2.17. The van der Waals surface area contributed by atoms with Crippen LogP contribution in [-0.2, 0) is 0 Å². The second-order valence-electron chi connectivity index (χ2n) is 5.18. The minimum atomic E-state index is 0.0809. The van der Waals surface area contributed by atoms with Gasteiger partial charge in [0.2, 0.25) is 0 Å². The predicted molar refractivity (Wildman–Crippen MR) is 88.3 cm³/mol. The molecule has 1 aromatic carbocycles. The molecule has 0 unspecified atom stereocenters. The van der Waals surface area contributed by atoms with E-state index in [1.165, 1.54) is 6.07 Å². The number of hydrogen-bond donors (Lipinski definition) is 3. The molecule has 0 fully saturated rings. The number of phenols is 1. The third kappa shape index (κ3) is 3.87. The number of nitrogens with one attached hydrogen (secondary N) is 1. The van der Waals surface area contributed by atoms with Crippen LogP contribution in [0.15, 0.2) is 24.3 Å². The van der Waals surface area contributed by atoms with Crippen molar-refractivity contribution in [3.8, 4) is 17.0 Å². The van der Waals surface area contributed by atoms with Gasteiger partial charge in [-0.05, 0) is 49.6 Å². The molecular formula is C16H20ClN3O2. The maximum absolute atomic E-state index is 10.00. The van der Waals surface area contributed by atoms with Crippen LogP contribution in [-0.4, -0.2) is 33.1 Å². The van der Waals surface area contributed by atoms with Crippen molar-refractivity contribution in [2.24, 2.45) is 0 Å². The van der Waals surface area contributed by atoms with E-state index in [0.717, 1.165) is 12.0 Å². The lowest BCUT2D eigenvalue weighted by atomic mass is 10.1. The smallest absolute Gasteiger partial charge is 0.149 e. The minimum absolute atomic E-state index is 0.0809. The summed E-state index contributed by atoms with van der Waals surface area (Å²) >= 11 is 5.85. The first-order valence-corrected chi connectivity index (χ1v) is 7.63. The second kappa shape index (κ2) is 7.42. The number of aliphatic hydroxyl groups excluding tert-OH is 1. The molecule has 2 aromatic rings. The zero-order chi connectivity index (χ0) is 16.1. The average molecular weight is 322 g/mol. The molecule has 22 heavy (non-hydrogen) atoms. The molecule has 5 nitrogen and oxygen atoms in total. The number of aromatic nitrogens is 2. The van der Waals surface area contributed by atoms with E-state index in [2.05, 4.69) is 15.5 Å². The largest absolute Gasteiger partial charge is 0.507 e. The highest BCUT2D eigenvalue weighted by Gasteiger charge is 2.12. The molecule has 0 spiro atoms. The van der Waals surface area contributed by atoms with Gasteiger partial charge in [-0.3, -0.25) is 0 Å². The number of halogens is 1. The summed E-state index contributed by atoms with van der Waals surface area (Å²) in [6.07, 6.45) is 1.55. The zero-order valence-electron chi connectivity index (χ0n) is 12.7. The number of rotatable bonds is 6. The lowest BCUT2D eigenvalue weighted by Crippen LogP contribution is -2.20. The molecule has 3 N–H and O–H groups in total. The third-order valence-corrected chi connectivity index (χ3v) is 3.76. The van der Waals surface area contributed by atoms with E-state index in [1.807, 2.05) is 19.9 Å². The molecule has 0 amide bonds. The van der Waals surface area contributed by atoms with Crippen molar-refractivity contribution in [2.45, 2.75) is 32.7 Å². The number of aromatic hydroxyl groups is 1. The fraction of sp³-hybridized carbons (Fsp3) is 0.375. The molecule has 0 saturated heterocycles. The quantitative estimate of drug-likeness (QED) is 0.760. The van der Waals surface area contributed by atoms with E-state index in [4.69, 9.17) is 16.7 Å². The zero-order valence-corrected chi connectivity index (χ0v) is 13.4. The molecule has 1 heterocycles. The fourth-order valence-electron chi connectivity index (χ4n) is 2.27. The van der Waals surface area contributed by atoms with Crippen LogP contribution in [0.2, 0.25) is 5.02 Å². The third-order valence-electron chi connectivity index (χ3n) is 3.52. The molecule has 118 valence electrons. The molecule has 1 aromatic heterocycles. The average Bonchev–Trinajstić information content (AvgIpc) is 2.48. The van der Waals surface area contributed by atoms with Crippen LogP contribution in [0.25, 0.3) is 11.3 Å². The van der Waals surface area contributed by atoms with Gasteiger partial charge in [-0.15, -0.1) is 10.2 Å². The Morgan fingerprint density at radius 1 is 1.27 bits per heavy atom. The summed E-state index contributed by atoms with van der Waals surface area (Å²) in [5.41, 5.74) is 2.12. The maximum Gasteiger partial charge on any atom is 0.149 e. The number of aliphatic hydroxyl groups is 1. The molecule has 6 heteroatoms. The van der Waals surface area contributed by atoms with Gasteiger partial charge in [0.15, 0.2) is 0 Å². The number of aryl methyl sites for hydroxylation is 1. The van der Waals surface area contributed by atoms with Crippen LogP contribution in [0.4, 0.5) is 5.82 Å². The monoisotopic (exact) mass is 321 g/mol. The molecule has 1 atom stereocenters. The Kier molecular flexibility index (Phi) is 5.57. The van der Waals surface area contributed by atoms with Crippen molar-refractivity contribution >= 4 is 17.4 Å². The van der Waals surface area contributed by atoms with E-state index < -0.39 is 0 Å². The van der Waals surface area contributed by atoms with Gasteiger partial charge in [0.1, 0.15) is 11.6 Å². The van der Waals surface area contributed by atoms with E-state index >= 15 is 0 Å². The summed E-state index contributed by atoms with van der Waals surface area (Å²) in [7, 11) is 0. The van der Waals surface area contributed by atoms with E-state index in [9.17, 15) is 5.11 Å². The number of hydrogen-bond acceptors (Lipinski definition) is 5. The van der Waals surface area contributed by atoms with Crippen LogP contribution in [0.1, 0.15) is 25.3 Å². The van der Waals surface area contributed by atoms with E-state index in [1.54, 1.807) is 12.1 Å². The van der Waals surface area contributed by atoms with Crippen molar-refractivity contribution < 1.29 is 10.2 Å². The molecule has 0 bridgehead atoms. The summed E-state index contributed by atoms with van der Waals surface area (Å²) < 4.78 is 0. The summed E-state index contributed by atoms with van der Waals surface area (Å²) in [6.45, 7) is 4.10. The van der Waals surface area contributed by atoms with Crippen molar-refractivity contribution in [3.05, 3.63) is 34.9 Å². The number of anilines is 1. The van der Waals surface area contributed by atoms with Crippen molar-refractivity contribution in [3.63, 3.8) is 0 Å². The van der Waals surface area contributed by atoms with Crippen molar-refractivity contribution in [2.75, 3.05) is 11.9 Å². The van der Waals surface area contributed by atoms with Crippen LogP contribution in [0.3, 0.4) is 0 Å². The van der Waals surface area contributed by atoms with Gasteiger partial charge in [-0.25, -0.2) is 0 Å². The summed E-state index contributed by atoms with van der Waals surface area (Å²) in [5, 5.41) is 31.1. The highest BCUT2D eigenvalue weighted by molar-refractivity contribution is 6.30. The number of benzene rings is 1. The second-order valence-corrected chi connectivity index (χ2v) is 5.62. The van der Waals surface area contributed by atoms with Crippen LogP contribution in [0.5, 0.6) is 5.75 Å². The SMILES string of the molecule is CC[C@@H](CCO)Nc1cc(C)c(-c2ccc(Cl)cc2O)nn1. The Hall–Kier alpha value is -1.85. The Balaban J connectivity index is 2.26. The lowest BCUT2D eigenvalue weighted by molar-refractivity contribution is 0.278. The van der Waals surface area contributed by atoms with Gasteiger partial charge in [0, 0.05) is 23.2 Å². The fourth-order valence-corrected chi connectivity index (χ4v) is 2.44. The topological polar surface area (TPSA) is 78.3 Å². The Morgan fingerprint density at radius 2 is 2.05 bits per heavy atom. The minimum Gasteiger partial charge on any atom is -0.507 e. The molecule has 0 radical (unpaired) electrons. The van der Waals surface area contributed by atoms with Gasteiger partial charge < -0.3 is 15.5 Å². The molecule has 0 aliphatic heterocycles.